The first kappa shape index (κ1) is 27.2. The number of nitrogen functional groups attached to an aromatic ring is 1. The Kier molecular flexibility index (Phi) is 8.69. The van der Waals surface area contributed by atoms with Crippen LogP contribution in [0.3, 0.4) is 0 Å². The number of anilines is 3. The Morgan fingerprint density at radius 3 is 2.47 bits per heavy atom. The van der Waals surface area contributed by atoms with E-state index in [4.69, 9.17) is 19.9 Å². The Morgan fingerprint density at radius 2 is 1.79 bits per heavy atom. The number of benzene rings is 1. The van der Waals surface area contributed by atoms with Crippen molar-refractivity contribution in [2.75, 3.05) is 69.1 Å². The highest BCUT2D eigenvalue weighted by atomic mass is 16.6. The average Bonchev–Trinajstić information content (AvgIpc) is 3.28. The minimum absolute atomic E-state index is 0.0801. The van der Waals surface area contributed by atoms with Gasteiger partial charge in [-0.05, 0) is 45.0 Å². The molecule has 0 atom stereocenters. The summed E-state index contributed by atoms with van der Waals surface area (Å²) in [5.74, 6) is 1.28. The predicted molar refractivity (Wildman–Crippen MR) is 145 cm³/mol. The molecular formula is C25H37N9O4. The van der Waals surface area contributed by atoms with Gasteiger partial charge < -0.3 is 24.8 Å². The fourth-order valence-electron chi connectivity index (χ4n) is 4.11. The van der Waals surface area contributed by atoms with Gasteiger partial charge in [0.15, 0.2) is 11.5 Å². The summed E-state index contributed by atoms with van der Waals surface area (Å²) in [6, 6.07) is 8.20. The second-order valence-electron chi connectivity index (χ2n) is 9.95. The molecule has 4 rings (SSSR count). The van der Waals surface area contributed by atoms with Crippen molar-refractivity contribution in [3.63, 3.8) is 0 Å². The number of nitrogens with zero attached hydrogens (tertiary/aromatic N) is 6. The van der Waals surface area contributed by atoms with Gasteiger partial charge in [-0.15, -0.1) is 0 Å². The van der Waals surface area contributed by atoms with E-state index in [1.165, 1.54) is 5.69 Å². The molecule has 0 unspecified atom stereocenters. The lowest BCUT2D eigenvalue weighted by atomic mass is 10.2. The Morgan fingerprint density at radius 1 is 1.05 bits per heavy atom. The summed E-state index contributed by atoms with van der Waals surface area (Å²) in [7, 11) is 1.66. The van der Waals surface area contributed by atoms with Gasteiger partial charge >= 0.3 is 6.09 Å². The number of methoxy groups -OCH3 is 1. The standard InChI is InChI=1S/C25H37N9O4/c1-25(2,3)38-24(35)31-30-21-20-17-27-34(22(20)29-23(26)28-21)14-11-32-9-12-33(13-10-32)18-5-7-19(8-6-18)37-16-15-36-4/h5-8,17H,9-16H2,1-4H3,(H,31,35)(H3,26,28,29,30). The van der Waals surface area contributed by atoms with Gasteiger partial charge in [-0.25, -0.2) is 14.9 Å². The highest BCUT2D eigenvalue weighted by molar-refractivity contribution is 5.88. The number of rotatable bonds is 10. The molecule has 13 nitrogen and oxygen atoms in total. The number of hydrazine groups is 1. The van der Waals surface area contributed by atoms with E-state index in [2.05, 4.69) is 47.9 Å². The first-order valence-corrected chi connectivity index (χ1v) is 12.6. The van der Waals surface area contributed by atoms with E-state index >= 15 is 0 Å². The number of hydrogen-bond donors (Lipinski definition) is 3. The molecule has 2 aromatic heterocycles. The van der Waals surface area contributed by atoms with Gasteiger partial charge in [-0.3, -0.25) is 10.3 Å². The Hall–Kier alpha value is -3.84. The van der Waals surface area contributed by atoms with Crippen LogP contribution in [0, 0.1) is 0 Å². The van der Waals surface area contributed by atoms with E-state index in [-0.39, 0.29) is 5.95 Å². The monoisotopic (exact) mass is 527 g/mol. The largest absolute Gasteiger partial charge is 0.491 e. The second kappa shape index (κ2) is 12.1. The minimum atomic E-state index is -0.624. The third-order valence-electron chi connectivity index (χ3n) is 5.95. The van der Waals surface area contributed by atoms with Crippen LogP contribution in [0.15, 0.2) is 30.5 Å². The summed E-state index contributed by atoms with van der Waals surface area (Å²) >= 11 is 0. The molecule has 206 valence electrons. The molecule has 1 aromatic carbocycles. The van der Waals surface area contributed by atoms with Crippen molar-refractivity contribution in [1.29, 1.82) is 0 Å². The summed E-state index contributed by atoms with van der Waals surface area (Å²) in [6.45, 7) is 11.7. The van der Waals surface area contributed by atoms with E-state index in [0.29, 0.717) is 36.6 Å². The van der Waals surface area contributed by atoms with E-state index in [9.17, 15) is 4.79 Å². The molecule has 0 bridgehead atoms. The molecule has 3 aromatic rings. The number of nitrogens with one attached hydrogen (secondary N) is 2. The molecule has 1 aliphatic rings. The molecule has 0 saturated carbocycles. The first-order chi connectivity index (χ1) is 18.2. The summed E-state index contributed by atoms with van der Waals surface area (Å²) in [6.07, 6.45) is 1.04. The summed E-state index contributed by atoms with van der Waals surface area (Å²) in [4.78, 5) is 25.3. The van der Waals surface area contributed by atoms with E-state index in [1.54, 1.807) is 38.8 Å². The van der Waals surface area contributed by atoms with Crippen LogP contribution in [0.5, 0.6) is 5.75 Å². The minimum Gasteiger partial charge on any atom is -0.491 e. The van der Waals surface area contributed by atoms with E-state index in [0.717, 1.165) is 38.5 Å². The SMILES string of the molecule is COCCOc1ccc(N2CCN(CCn3ncc4c(NNC(=O)OC(C)(C)C)nc(N)nc43)CC2)cc1. The zero-order valence-electron chi connectivity index (χ0n) is 22.4. The highest BCUT2D eigenvalue weighted by Gasteiger charge is 2.20. The molecule has 13 heteroatoms. The quantitative estimate of drug-likeness (QED) is 0.263. The van der Waals surface area contributed by atoms with Crippen LogP contribution in [0.25, 0.3) is 11.0 Å². The molecule has 3 heterocycles. The Labute approximate surface area is 222 Å². The maximum Gasteiger partial charge on any atom is 0.426 e. The summed E-state index contributed by atoms with van der Waals surface area (Å²) in [5, 5.41) is 5.13. The molecule has 1 saturated heterocycles. The number of piperazine rings is 1. The van der Waals surface area contributed by atoms with Gasteiger partial charge in [0.1, 0.15) is 18.0 Å². The van der Waals surface area contributed by atoms with Crippen LogP contribution in [0.4, 0.5) is 22.2 Å². The number of fused-ring (bicyclic) bond motifs is 1. The van der Waals surface area contributed by atoms with Crippen LogP contribution in [-0.2, 0) is 16.0 Å². The van der Waals surface area contributed by atoms with Gasteiger partial charge in [0.05, 0.1) is 24.7 Å². The number of amides is 1. The van der Waals surface area contributed by atoms with Gasteiger partial charge in [-0.2, -0.15) is 15.1 Å². The van der Waals surface area contributed by atoms with Crippen LogP contribution in [0.1, 0.15) is 20.8 Å². The third-order valence-corrected chi connectivity index (χ3v) is 5.95. The number of carbonyl (C=O) groups excluding carboxylic acids is 1. The zero-order chi connectivity index (χ0) is 27.1. The number of carbonyl (C=O) groups is 1. The molecule has 1 aliphatic heterocycles. The van der Waals surface area contributed by atoms with E-state index in [1.807, 2.05) is 12.1 Å². The Balaban J connectivity index is 1.29. The maximum absolute atomic E-state index is 12.0. The van der Waals surface area contributed by atoms with Crippen molar-refractivity contribution < 1.29 is 19.0 Å². The van der Waals surface area contributed by atoms with Crippen molar-refractivity contribution in [2.45, 2.75) is 32.9 Å². The maximum atomic E-state index is 12.0. The number of aromatic nitrogens is 4. The van der Waals surface area contributed by atoms with Crippen molar-refractivity contribution in [2.24, 2.45) is 0 Å². The van der Waals surface area contributed by atoms with Crippen LogP contribution in [-0.4, -0.2) is 89.4 Å². The molecule has 0 aliphatic carbocycles. The van der Waals surface area contributed by atoms with Crippen LogP contribution >= 0.6 is 0 Å². The van der Waals surface area contributed by atoms with E-state index < -0.39 is 11.7 Å². The van der Waals surface area contributed by atoms with Crippen molar-refractivity contribution in [1.82, 2.24) is 30.1 Å². The number of ether oxygens (including phenoxy) is 3. The lowest BCUT2D eigenvalue weighted by Crippen LogP contribution is -2.47. The molecular weight excluding hydrogens is 490 g/mol. The molecule has 1 amide bonds. The highest BCUT2D eigenvalue weighted by Crippen LogP contribution is 2.22. The molecule has 1 fully saturated rings. The van der Waals surface area contributed by atoms with Gasteiger partial charge in [0.2, 0.25) is 5.95 Å². The normalized spacial score (nSPS) is 14.5. The second-order valence-corrected chi connectivity index (χ2v) is 9.95. The van der Waals surface area contributed by atoms with Crippen LogP contribution in [0.2, 0.25) is 0 Å². The Bertz CT molecular complexity index is 1200. The summed E-state index contributed by atoms with van der Waals surface area (Å²) in [5.41, 5.74) is 12.3. The lowest BCUT2D eigenvalue weighted by molar-refractivity contribution is 0.0541. The number of nitrogens with two attached hydrogens (primary N) is 1. The lowest BCUT2D eigenvalue weighted by Gasteiger charge is -2.36. The fourth-order valence-corrected chi connectivity index (χ4v) is 4.11. The average molecular weight is 528 g/mol. The topological polar surface area (TPSA) is 145 Å². The smallest absolute Gasteiger partial charge is 0.426 e. The van der Waals surface area contributed by atoms with Crippen LogP contribution < -0.4 is 26.2 Å². The predicted octanol–water partition coefficient (Wildman–Crippen LogP) is 2.11. The van der Waals surface area contributed by atoms with Crippen molar-refractivity contribution in [3.05, 3.63) is 30.5 Å². The van der Waals surface area contributed by atoms with Crippen molar-refractivity contribution >= 4 is 34.6 Å². The number of hydrogen-bond acceptors (Lipinski definition) is 11. The molecule has 0 radical (unpaired) electrons. The fraction of sp³-hybridized carbons (Fsp3) is 0.520. The third kappa shape index (κ3) is 7.35. The summed E-state index contributed by atoms with van der Waals surface area (Å²) < 4.78 is 17.7. The molecule has 0 spiro atoms. The zero-order valence-corrected chi connectivity index (χ0v) is 22.4. The van der Waals surface area contributed by atoms with Crippen molar-refractivity contribution in [3.8, 4) is 5.75 Å². The molecule has 38 heavy (non-hydrogen) atoms. The first-order valence-electron chi connectivity index (χ1n) is 12.6. The van der Waals surface area contributed by atoms with Gasteiger partial charge in [0, 0.05) is 45.5 Å². The van der Waals surface area contributed by atoms with Gasteiger partial charge in [-0.1, -0.05) is 0 Å². The van der Waals surface area contributed by atoms with Gasteiger partial charge in [0.25, 0.3) is 0 Å². The molecule has 4 N–H and O–H groups in total.